The molecule has 0 aliphatic carbocycles. The van der Waals surface area contributed by atoms with Crippen molar-refractivity contribution in [3.8, 4) is 5.88 Å². The number of piperazine rings is 1. The van der Waals surface area contributed by atoms with Crippen LogP contribution in [-0.4, -0.2) is 103 Å². The van der Waals surface area contributed by atoms with Crippen molar-refractivity contribution in [2.24, 2.45) is 0 Å². The van der Waals surface area contributed by atoms with Gasteiger partial charge in [-0.1, -0.05) is 13.8 Å². The summed E-state index contributed by atoms with van der Waals surface area (Å²) in [5.41, 5.74) is 0.640. The first kappa shape index (κ1) is 29.5. The third-order valence-corrected chi connectivity index (χ3v) is 7.91. The predicted octanol–water partition coefficient (Wildman–Crippen LogP) is 1.41. The normalized spacial score (nSPS) is 14.8. The van der Waals surface area contributed by atoms with Crippen LogP contribution < -0.4 is 15.4 Å². The van der Waals surface area contributed by atoms with E-state index >= 15 is 0 Å². The van der Waals surface area contributed by atoms with Crippen molar-refractivity contribution in [1.82, 2.24) is 29.3 Å². The van der Waals surface area contributed by atoms with E-state index in [-0.39, 0.29) is 35.3 Å². The summed E-state index contributed by atoms with van der Waals surface area (Å²) < 4.78 is 39.8. The number of carbonyl (C=O) groups excluding carboxylic acids is 2. The molecular formula is C24H37N7O6S. The lowest BCUT2D eigenvalue weighted by Crippen LogP contribution is -2.48. The number of aryl methyl sites for hydroxylation is 1. The Hall–Kier alpha value is -3.07. The number of anilines is 1. The molecule has 1 aliphatic rings. The zero-order valence-corrected chi connectivity index (χ0v) is 23.2. The van der Waals surface area contributed by atoms with Crippen molar-refractivity contribution in [3.05, 3.63) is 29.7 Å². The third-order valence-electron chi connectivity index (χ3n) is 6.05. The van der Waals surface area contributed by atoms with Crippen LogP contribution in [0.2, 0.25) is 0 Å². The fourth-order valence-corrected chi connectivity index (χ4v) is 5.30. The van der Waals surface area contributed by atoms with Crippen LogP contribution in [-0.2, 0) is 21.2 Å². The molecule has 2 aromatic rings. The number of hydrogen-bond acceptors (Lipinski definition) is 9. The second-order valence-corrected chi connectivity index (χ2v) is 10.4. The maximum absolute atomic E-state index is 13.3. The fourth-order valence-electron chi connectivity index (χ4n) is 3.91. The highest BCUT2D eigenvalue weighted by Gasteiger charge is 2.30. The van der Waals surface area contributed by atoms with Crippen molar-refractivity contribution in [2.45, 2.75) is 39.0 Å². The third kappa shape index (κ3) is 7.07. The smallest absolute Gasteiger partial charge is 0.347 e. The molecule has 2 aromatic heterocycles. The zero-order chi connectivity index (χ0) is 27.7. The molecule has 0 atom stereocenters. The summed E-state index contributed by atoms with van der Waals surface area (Å²) >= 11 is 0. The number of hydrogen-bond donors (Lipinski definition) is 2. The number of ether oxygens (including phenoxy) is 2. The highest BCUT2D eigenvalue weighted by atomic mass is 32.2. The average Bonchev–Trinajstić information content (AvgIpc) is 3.37. The molecule has 38 heavy (non-hydrogen) atoms. The lowest BCUT2D eigenvalue weighted by molar-refractivity contribution is 0.0914. The van der Waals surface area contributed by atoms with Gasteiger partial charge in [-0.05, 0) is 38.9 Å². The SMILES string of the molecule is CCOCCNC(=O)c1cc(CC)nn1C(=O)Nc1cc(S(=O)(=O)N2CCN(CC)CC2)cnc1OCC. The molecule has 2 N–H and O–H groups in total. The van der Waals surface area contributed by atoms with Crippen LogP contribution in [0, 0.1) is 0 Å². The zero-order valence-electron chi connectivity index (χ0n) is 22.4. The van der Waals surface area contributed by atoms with E-state index in [0.29, 0.717) is 51.5 Å². The minimum atomic E-state index is -3.85. The van der Waals surface area contributed by atoms with Crippen LogP contribution in [0.5, 0.6) is 5.88 Å². The van der Waals surface area contributed by atoms with Crippen molar-refractivity contribution in [1.29, 1.82) is 0 Å². The molecular weight excluding hydrogens is 514 g/mol. The molecule has 13 nitrogen and oxygen atoms in total. The van der Waals surface area contributed by atoms with E-state index in [1.54, 1.807) is 6.92 Å². The Morgan fingerprint density at radius 3 is 2.42 bits per heavy atom. The predicted molar refractivity (Wildman–Crippen MR) is 141 cm³/mol. The van der Waals surface area contributed by atoms with Gasteiger partial charge in [-0.2, -0.15) is 14.1 Å². The number of aromatic nitrogens is 3. The van der Waals surface area contributed by atoms with E-state index in [1.165, 1.54) is 22.6 Å². The van der Waals surface area contributed by atoms with E-state index in [2.05, 4.69) is 25.6 Å². The van der Waals surface area contributed by atoms with Crippen LogP contribution in [0.15, 0.2) is 23.2 Å². The molecule has 0 unspecified atom stereocenters. The van der Waals surface area contributed by atoms with Gasteiger partial charge in [0, 0.05) is 39.3 Å². The van der Waals surface area contributed by atoms with Gasteiger partial charge < -0.3 is 25.0 Å². The standard InChI is InChI=1S/C24H37N7O6S/c1-5-18-15-21(22(32)25-9-14-36-7-3)31(28-18)24(33)27-20-16-19(17-26-23(20)37-8-4)38(34,35)30-12-10-29(6-2)11-13-30/h15-17H,5-14H2,1-4H3,(H,25,32)(H,27,33). The maximum Gasteiger partial charge on any atom is 0.347 e. The van der Waals surface area contributed by atoms with Crippen molar-refractivity contribution >= 4 is 27.6 Å². The highest BCUT2D eigenvalue weighted by Crippen LogP contribution is 2.27. The summed E-state index contributed by atoms with van der Waals surface area (Å²) in [6.07, 6.45) is 1.73. The highest BCUT2D eigenvalue weighted by molar-refractivity contribution is 7.89. The first-order chi connectivity index (χ1) is 18.2. The molecule has 0 aromatic carbocycles. The summed E-state index contributed by atoms with van der Waals surface area (Å²) in [5, 5.41) is 9.58. The number of carbonyl (C=O) groups is 2. The number of sulfonamides is 1. The second kappa shape index (κ2) is 13.6. The van der Waals surface area contributed by atoms with Gasteiger partial charge in [-0.25, -0.2) is 18.2 Å². The summed E-state index contributed by atoms with van der Waals surface area (Å²) in [6, 6.07) is 2.10. The number of nitrogens with one attached hydrogen (secondary N) is 2. The fraction of sp³-hybridized carbons (Fsp3) is 0.583. The van der Waals surface area contributed by atoms with Gasteiger partial charge >= 0.3 is 6.03 Å². The Balaban J connectivity index is 1.86. The molecule has 1 aliphatic heterocycles. The van der Waals surface area contributed by atoms with Gasteiger partial charge in [-0.15, -0.1) is 0 Å². The monoisotopic (exact) mass is 551 g/mol. The average molecular weight is 552 g/mol. The van der Waals surface area contributed by atoms with Crippen molar-refractivity contribution in [2.75, 3.05) is 64.4 Å². The summed E-state index contributed by atoms with van der Waals surface area (Å²) in [6.45, 7) is 11.7. The Labute approximate surface area is 223 Å². The maximum atomic E-state index is 13.3. The van der Waals surface area contributed by atoms with Crippen LogP contribution in [0.1, 0.15) is 43.9 Å². The molecule has 0 saturated carbocycles. The lowest BCUT2D eigenvalue weighted by atomic mass is 10.3. The summed E-state index contributed by atoms with van der Waals surface area (Å²) in [5.74, 6) is -0.432. The first-order valence-electron chi connectivity index (χ1n) is 12.9. The number of pyridine rings is 1. The topological polar surface area (TPSA) is 148 Å². The molecule has 1 saturated heterocycles. The minimum absolute atomic E-state index is 0.0411. The number of likely N-dealkylation sites (N-methyl/N-ethyl adjacent to an activating group) is 1. The van der Waals surface area contributed by atoms with Gasteiger partial charge in [0.2, 0.25) is 15.9 Å². The van der Waals surface area contributed by atoms with Crippen LogP contribution in [0.4, 0.5) is 10.5 Å². The van der Waals surface area contributed by atoms with E-state index < -0.39 is 22.0 Å². The van der Waals surface area contributed by atoms with Crippen molar-refractivity contribution in [3.63, 3.8) is 0 Å². The van der Waals surface area contributed by atoms with E-state index in [1.807, 2.05) is 20.8 Å². The molecule has 3 heterocycles. The summed E-state index contributed by atoms with van der Waals surface area (Å²) in [7, 11) is -3.85. The lowest BCUT2D eigenvalue weighted by Gasteiger charge is -2.33. The van der Waals surface area contributed by atoms with Gasteiger partial charge in [-0.3, -0.25) is 4.79 Å². The molecule has 0 radical (unpaired) electrons. The minimum Gasteiger partial charge on any atom is -0.476 e. The van der Waals surface area contributed by atoms with E-state index in [0.717, 1.165) is 11.2 Å². The Morgan fingerprint density at radius 2 is 1.79 bits per heavy atom. The second-order valence-electron chi connectivity index (χ2n) is 8.46. The largest absolute Gasteiger partial charge is 0.476 e. The van der Waals surface area contributed by atoms with E-state index in [9.17, 15) is 18.0 Å². The van der Waals surface area contributed by atoms with Crippen molar-refractivity contribution < 1.29 is 27.5 Å². The number of rotatable bonds is 12. The molecule has 0 spiro atoms. The van der Waals surface area contributed by atoms with Gasteiger partial charge in [0.15, 0.2) is 0 Å². The summed E-state index contributed by atoms with van der Waals surface area (Å²) in [4.78, 5) is 32.3. The Kier molecular flexibility index (Phi) is 10.6. The molecule has 2 amide bonds. The number of amides is 2. The molecule has 3 rings (SSSR count). The van der Waals surface area contributed by atoms with E-state index in [4.69, 9.17) is 9.47 Å². The molecule has 1 fully saturated rings. The Bertz CT molecular complexity index is 1210. The van der Waals surface area contributed by atoms with Gasteiger partial charge in [0.1, 0.15) is 16.3 Å². The number of nitrogens with zero attached hydrogens (tertiary/aromatic N) is 5. The molecule has 0 bridgehead atoms. The van der Waals surface area contributed by atoms with Crippen LogP contribution in [0.25, 0.3) is 0 Å². The molecule has 210 valence electrons. The van der Waals surface area contributed by atoms with Crippen LogP contribution in [0.3, 0.4) is 0 Å². The quantitative estimate of drug-likeness (QED) is 0.374. The van der Waals surface area contributed by atoms with Gasteiger partial charge in [0.25, 0.3) is 5.91 Å². The van der Waals surface area contributed by atoms with Crippen LogP contribution >= 0.6 is 0 Å². The molecule has 14 heteroatoms. The first-order valence-corrected chi connectivity index (χ1v) is 14.3. The Morgan fingerprint density at radius 1 is 1.05 bits per heavy atom. The van der Waals surface area contributed by atoms with Gasteiger partial charge in [0.05, 0.1) is 25.1 Å².